The molecule has 31 heavy (non-hydrogen) atoms. The van der Waals surface area contributed by atoms with Crippen LogP contribution >= 0.6 is 18.8 Å². The number of nitrogen functional groups attached to an aromatic ring is 4. The van der Waals surface area contributed by atoms with Crippen molar-refractivity contribution in [3.05, 3.63) is 97.6 Å². The Balaban J connectivity index is 0.000000371. The van der Waals surface area contributed by atoms with Gasteiger partial charge in [-0.25, -0.2) is 19.9 Å². The summed E-state index contributed by atoms with van der Waals surface area (Å²) in [5.74, 6) is 2.29. The SMILES string of the molecule is Nc1ccccn1.Nc1ccccn1.Nc1ccccn1.Nc1ccccn1.[Cl][Pt][Cl]. The summed E-state index contributed by atoms with van der Waals surface area (Å²) in [7, 11) is 9.75. The van der Waals surface area contributed by atoms with Gasteiger partial charge in [0.05, 0.1) is 0 Å². The van der Waals surface area contributed by atoms with Gasteiger partial charge < -0.3 is 22.9 Å². The van der Waals surface area contributed by atoms with E-state index in [1.807, 2.05) is 48.5 Å². The molecule has 0 aliphatic carbocycles. The van der Waals surface area contributed by atoms with Crippen molar-refractivity contribution in [2.45, 2.75) is 0 Å². The molecule has 0 saturated heterocycles. The standard InChI is InChI=1S/4C5H6N2.2ClH.Pt/c4*6-5-3-1-2-4-7-5;;;/h4*1-4H,(H2,6,7);2*1H;/q;;;;;;+2/p-2. The van der Waals surface area contributed by atoms with Crippen LogP contribution in [0.25, 0.3) is 0 Å². The average Bonchev–Trinajstić information content (AvgIpc) is 2.78. The fourth-order valence-corrected chi connectivity index (χ4v) is 1.50. The zero-order valence-electron chi connectivity index (χ0n) is 16.4. The van der Waals surface area contributed by atoms with Gasteiger partial charge in [0.2, 0.25) is 0 Å². The fraction of sp³-hybridized carbons (Fsp3) is 0. The van der Waals surface area contributed by atoms with Gasteiger partial charge in [0.15, 0.2) is 0 Å². The Kier molecular flexibility index (Phi) is 18.4. The van der Waals surface area contributed by atoms with Crippen LogP contribution in [0.4, 0.5) is 23.3 Å². The molecule has 11 heteroatoms. The summed E-state index contributed by atoms with van der Waals surface area (Å²) in [6.07, 6.45) is 6.65. The molecule has 0 amide bonds. The van der Waals surface area contributed by atoms with Crippen LogP contribution in [0.3, 0.4) is 0 Å². The first-order chi connectivity index (χ1) is 15.0. The Hall–Kier alpha value is -2.93. The third-order valence-electron chi connectivity index (χ3n) is 2.75. The molecule has 0 atom stereocenters. The molecule has 0 spiro atoms. The Morgan fingerprint density at radius 1 is 0.452 bits per heavy atom. The Labute approximate surface area is 198 Å². The van der Waals surface area contributed by atoms with Crippen LogP contribution in [0.2, 0.25) is 0 Å². The molecule has 0 aliphatic heterocycles. The number of nitrogens with two attached hydrogens (primary N) is 4. The molecule has 168 valence electrons. The zero-order chi connectivity index (χ0) is 23.2. The summed E-state index contributed by atoms with van der Waals surface area (Å²) in [6, 6.07) is 21.7. The second-order valence-electron chi connectivity index (χ2n) is 5.06. The van der Waals surface area contributed by atoms with E-state index in [1.54, 1.807) is 49.1 Å². The van der Waals surface area contributed by atoms with Crippen LogP contribution in [0.5, 0.6) is 0 Å². The summed E-state index contributed by atoms with van der Waals surface area (Å²) in [6.45, 7) is 0. The van der Waals surface area contributed by atoms with Crippen LogP contribution in [0.1, 0.15) is 0 Å². The van der Waals surface area contributed by atoms with Crippen molar-refractivity contribution in [1.82, 2.24) is 19.9 Å². The van der Waals surface area contributed by atoms with Gasteiger partial charge in [-0.15, -0.1) is 0 Å². The number of hydrogen-bond donors (Lipinski definition) is 4. The molecule has 4 aromatic rings. The molecule has 0 unspecified atom stereocenters. The number of hydrogen-bond acceptors (Lipinski definition) is 8. The van der Waals surface area contributed by atoms with Gasteiger partial charge in [-0.05, 0) is 48.5 Å². The fourth-order valence-electron chi connectivity index (χ4n) is 1.50. The molecule has 8 nitrogen and oxygen atoms in total. The quantitative estimate of drug-likeness (QED) is 0.224. The van der Waals surface area contributed by atoms with Crippen LogP contribution < -0.4 is 22.9 Å². The van der Waals surface area contributed by atoms with Crippen molar-refractivity contribution in [2.75, 3.05) is 22.9 Å². The Bertz CT molecular complexity index is 726. The predicted octanol–water partition coefficient (Wildman–Crippen LogP) is 4.03. The van der Waals surface area contributed by atoms with Crippen molar-refractivity contribution in [2.24, 2.45) is 0 Å². The molecule has 0 saturated carbocycles. The van der Waals surface area contributed by atoms with Crippen molar-refractivity contribution in [3.63, 3.8) is 0 Å². The average molecular weight is 642 g/mol. The molecule has 8 N–H and O–H groups in total. The number of halogens is 2. The Morgan fingerprint density at radius 2 is 0.645 bits per heavy atom. The third kappa shape index (κ3) is 20.1. The minimum absolute atomic E-state index is 0.472. The third-order valence-corrected chi connectivity index (χ3v) is 2.75. The van der Waals surface area contributed by atoms with Gasteiger partial charge in [0, 0.05) is 24.8 Å². The Morgan fingerprint density at radius 3 is 0.710 bits per heavy atom. The van der Waals surface area contributed by atoms with Gasteiger partial charge in [0.1, 0.15) is 23.3 Å². The van der Waals surface area contributed by atoms with Crippen molar-refractivity contribution >= 4 is 42.1 Å². The molecule has 4 aromatic heterocycles. The van der Waals surface area contributed by atoms with Gasteiger partial charge in [-0.1, -0.05) is 24.3 Å². The van der Waals surface area contributed by atoms with E-state index >= 15 is 0 Å². The van der Waals surface area contributed by atoms with Gasteiger partial charge >= 0.3 is 35.3 Å². The molecule has 0 bridgehead atoms. The summed E-state index contributed by atoms with van der Waals surface area (Å²) >= 11 is -0.472. The first kappa shape index (κ1) is 28.1. The second-order valence-corrected chi connectivity index (χ2v) is 8.35. The monoisotopic (exact) mass is 641 g/mol. The van der Waals surface area contributed by atoms with E-state index in [1.165, 1.54) is 0 Å². The maximum absolute atomic E-state index is 5.25. The first-order valence-electron chi connectivity index (χ1n) is 8.48. The van der Waals surface area contributed by atoms with Crippen LogP contribution in [-0.4, -0.2) is 19.9 Å². The molecule has 0 fully saturated rings. The van der Waals surface area contributed by atoms with E-state index in [4.69, 9.17) is 41.8 Å². The van der Waals surface area contributed by atoms with Crippen molar-refractivity contribution in [1.29, 1.82) is 0 Å². The number of pyridine rings is 4. The molecule has 4 heterocycles. The second kappa shape index (κ2) is 20.3. The van der Waals surface area contributed by atoms with E-state index in [0.29, 0.717) is 23.3 Å². The van der Waals surface area contributed by atoms with E-state index in [0.717, 1.165) is 0 Å². The first-order valence-corrected chi connectivity index (χ1v) is 14.1. The van der Waals surface area contributed by atoms with E-state index < -0.39 is 16.5 Å². The summed E-state index contributed by atoms with van der Waals surface area (Å²) in [5.41, 5.74) is 21.0. The van der Waals surface area contributed by atoms with Crippen LogP contribution in [-0.2, 0) is 16.5 Å². The van der Waals surface area contributed by atoms with Crippen molar-refractivity contribution in [3.8, 4) is 0 Å². The maximum atomic E-state index is 5.25. The van der Waals surface area contributed by atoms with E-state index in [2.05, 4.69) is 19.9 Å². The molecule has 0 radical (unpaired) electrons. The summed E-state index contributed by atoms with van der Waals surface area (Å²) in [5, 5.41) is 0. The van der Waals surface area contributed by atoms with E-state index in [9.17, 15) is 0 Å². The zero-order valence-corrected chi connectivity index (χ0v) is 20.2. The van der Waals surface area contributed by atoms with Crippen LogP contribution in [0, 0.1) is 0 Å². The number of aromatic nitrogens is 4. The topological polar surface area (TPSA) is 156 Å². The molecule has 0 aromatic carbocycles. The van der Waals surface area contributed by atoms with Gasteiger partial charge in [-0.2, -0.15) is 0 Å². The number of nitrogens with zero attached hydrogens (tertiary/aromatic N) is 4. The normalized spacial score (nSPS) is 8.45. The molecule has 0 aliphatic rings. The predicted molar refractivity (Wildman–Crippen MR) is 126 cm³/mol. The van der Waals surface area contributed by atoms with Crippen molar-refractivity contribution < 1.29 is 16.5 Å². The molecular weight excluding hydrogens is 618 g/mol. The van der Waals surface area contributed by atoms with Gasteiger partial charge in [-0.3, -0.25) is 0 Å². The minimum atomic E-state index is -0.472. The summed E-state index contributed by atoms with van der Waals surface area (Å²) < 4.78 is 0. The number of rotatable bonds is 0. The van der Waals surface area contributed by atoms with Gasteiger partial charge in [0.25, 0.3) is 0 Å². The number of anilines is 4. The molecule has 4 rings (SSSR count). The van der Waals surface area contributed by atoms with Crippen LogP contribution in [0.15, 0.2) is 97.6 Å². The summed E-state index contributed by atoms with van der Waals surface area (Å²) in [4.78, 5) is 15.0. The molecular formula is C20H24Cl2N8Pt. The van der Waals surface area contributed by atoms with E-state index in [-0.39, 0.29) is 0 Å².